The van der Waals surface area contributed by atoms with Gasteiger partial charge >= 0.3 is 0 Å². The lowest BCUT2D eigenvalue weighted by molar-refractivity contribution is -0.120. The summed E-state index contributed by atoms with van der Waals surface area (Å²) in [5.74, 6) is -0.489. The zero-order valence-electron chi connectivity index (χ0n) is 15.3. The Bertz CT molecular complexity index is 1000. The van der Waals surface area contributed by atoms with Gasteiger partial charge in [0.2, 0.25) is 17.7 Å². The number of carbonyl (C=O) groups excluding carboxylic acids is 3. The molecule has 0 aliphatic rings. The Balaban J connectivity index is 1.47. The molecule has 0 bridgehead atoms. The normalized spacial score (nSPS) is 10.5. The Labute approximate surface area is 166 Å². The average molecular weight is 396 g/mol. The molecule has 3 aromatic rings. The number of thiazole rings is 1. The molecule has 144 valence electrons. The number of nitrogens with one attached hydrogen (secondary N) is 3. The summed E-state index contributed by atoms with van der Waals surface area (Å²) in [5.41, 5.74) is 2.35. The zero-order valence-corrected chi connectivity index (χ0v) is 16.1. The lowest BCUT2D eigenvalue weighted by Crippen LogP contribution is -2.28. The standard InChI is InChI=1S/C20H20N4O3S/c1-13(25)22-15-7-8-16-17(12-15)28-20(23-16)24-18(26)9-10-21-19(27)11-14-5-3-2-4-6-14/h2-8,12H,9-11H2,1H3,(H,21,27)(H,22,25)(H,23,24,26). The van der Waals surface area contributed by atoms with E-state index in [1.165, 1.54) is 18.3 Å². The fourth-order valence-corrected chi connectivity index (χ4v) is 3.52. The summed E-state index contributed by atoms with van der Waals surface area (Å²) in [6, 6.07) is 14.8. The minimum Gasteiger partial charge on any atom is -0.355 e. The van der Waals surface area contributed by atoms with Crippen molar-refractivity contribution in [3.8, 4) is 0 Å². The molecular formula is C20H20N4O3S. The quantitative estimate of drug-likeness (QED) is 0.572. The van der Waals surface area contributed by atoms with Crippen LogP contribution in [0, 0.1) is 0 Å². The first-order valence-electron chi connectivity index (χ1n) is 8.78. The van der Waals surface area contributed by atoms with Gasteiger partial charge in [0.25, 0.3) is 0 Å². The van der Waals surface area contributed by atoms with E-state index in [2.05, 4.69) is 20.9 Å². The minimum absolute atomic E-state index is 0.121. The third-order valence-electron chi connectivity index (χ3n) is 3.84. The second kappa shape index (κ2) is 9.09. The van der Waals surface area contributed by atoms with Crippen LogP contribution in [0.25, 0.3) is 10.2 Å². The Morgan fingerprint density at radius 3 is 2.54 bits per heavy atom. The van der Waals surface area contributed by atoms with Gasteiger partial charge in [0, 0.05) is 25.6 Å². The van der Waals surface area contributed by atoms with Gasteiger partial charge in [-0.1, -0.05) is 41.7 Å². The van der Waals surface area contributed by atoms with Crippen molar-refractivity contribution in [1.82, 2.24) is 10.3 Å². The van der Waals surface area contributed by atoms with E-state index in [0.29, 0.717) is 10.8 Å². The first kappa shape index (κ1) is 19.5. The Hall–Kier alpha value is -3.26. The number of carbonyl (C=O) groups is 3. The van der Waals surface area contributed by atoms with Gasteiger partial charge in [-0.05, 0) is 23.8 Å². The molecule has 1 aromatic heterocycles. The van der Waals surface area contributed by atoms with Gasteiger partial charge in [0.05, 0.1) is 16.6 Å². The van der Waals surface area contributed by atoms with Crippen molar-refractivity contribution < 1.29 is 14.4 Å². The fourth-order valence-electron chi connectivity index (χ4n) is 2.60. The number of nitrogens with zero attached hydrogens (tertiary/aromatic N) is 1. The predicted molar refractivity (Wildman–Crippen MR) is 110 cm³/mol. The molecule has 0 radical (unpaired) electrons. The summed E-state index contributed by atoms with van der Waals surface area (Å²) >= 11 is 1.33. The third-order valence-corrected chi connectivity index (χ3v) is 4.77. The van der Waals surface area contributed by atoms with Crippen LogP contribution < -0.4 is 16.0 Å². The topological polar surface area (TPSA) is 100 Å². The van der Waals surface area contributed by atoms with Crippen LogP contribution in [-0.2, 0) is 20.8 Å². The lowest BCUT2D eigenvalue weighted by Gasteiger charge is -2.05. The minimum atomic E-state index is -0.221. The third kappa shape index (κ3) is 5.62. The second-order valence-electron chi connectivity index (χ2n) is 6.19. The van der Waals surface area contributed by atoms with E-state index >= 15 is 0 Å². The van der Waals surface area contributed by atoms with Gasteiger partial charge in [-0.15, -0.1) is 0 Å². The number of aromatic nitrogens is 1. The summed E-state index contributed by atoms with van der Waals surface area (Å²) in [5, 5.41) is 8.69. The van der Waals surface area contributed by atoms with Crippen LogP contribution in [0.5, 0.6) is 0 Å². The highest BCUT2D eigenvalue weighted by Crippen LogP contribution is 2.28. The Kier molecular flexibility index (Phi) is 6.33. The highest BCUT2D eigenvalue weighted by molar-refractivity contribution is 7.22. The van der Waals surface area contributed by atoms with Crippen molar-refractivity contribution in [2.75, 3.05) is 17.2 Å². The van der Waals surface area contributed by atoms with Crippen molar-refractivity contribution in [3.05, 3.63) is 54.1 Å². The van der Waals surface area contributed by atoms with Gasteiger partial charge in [0.1, 0.15) is 0 Å². The SMILES string of the molecule is CC(=O)Nc1ccc2nc(NC(=O)CCNC(=O)Cc3ccccc3)sc2c1. The zero-order chi connectivity index (χ0) is 19.9. The molecule has 1 heterocycles. The van der Waals surface area contributed by atoms with Crippen LogP contribution in [0.4, 0.5) is 10.8 Å². The Morgan fingerprint density at radius 2 is 1.79 bits per heavy atom. The number of rotatable bonds is 7. The smallest absolute Gasteiger partial charge is 0.227 e. The van der Waals surface area contributed by atoms with Crippen molar-refractivity contribution in [2.45, 2.75) is 19.8 Å². The molecule has 2 aromatic carbocycles. The number of fused-ring (bicyclic) bond motifs is 1. The van der Waals surface area contributed by atoms with Crippen LogP contribution in [0.15, 0.2) is 48.5 Å². The number of hydrogen-bond donors (Lipinski definition) is 3. The van der Waals surface area contributed by atoms with E-state index < -0.39 is 0 Å². The van der Waals surface area contributed by atoms with Crippen molar-refractivity contribution >= 4 is 50.1 Å². The van der Waals surface area contributed by atoms with E-state index in [9.17, 15) is 14.4 Å². The van der Waals surface area contributed by atoms with Gasteiger partial charge in [-0.2, -0.15) is 0 Å². The average Bonchev–Trinajstić information content (AvgIpc) is 3.03. The molecule has 28 heavy (non-hydrogen) atoms. The molecule has 0 fully saturated rings. The van der Waals surface area contributed by atoms with Crippen LogP contribution in [0.2, 0.25) is 0 Å². The number of benzene rings is 2. The summed E-state index contributed by atoms with van der Waals surface area (Å²) in [6.07, 6.45) is 0.449. The van der Waals surface area contributed by atoms with Gasteiger partial charge < -0.3 is 16.0 Å². The largest absolute Gasteiger partial charge is 0.355 e. The maximum Gasteiger partial charge on any atom is 0.227 e. The summed E-state index contributed by atoms with van der Waals surface area (Å²) in [7, 11) is 0. The molecular weight excluding hydrogens is 376 g/mol. The predicted octanol–water partition coefficient (Wildman–Crippen LogP) is 2.94. The van der Waals surface area contributed by atoms with Crippen molar-refractivity contribution in [3.63, 3.8) is 0 Å². The molecule has 0 saturated carbocycles. The summed E-state index contributed by atoms with van der Waals surface area (Å²) < 4.78 is 0.859. The van der Waals surface area contributed by atoms with E-state index in [4.69, 9.17) is 0 Å². The van der Waals surface area contributed by atoms with Crippen molar-refractivity contribution in [2.24, 2.45) is 0 Å². The molecule has 0 aliphatic carbocycles. The number of hydrogen-bond acceptors (Lipinski definition) is 5. The molecule has 0 spiro atoms. The molecule has 0 saturated heterocycles. The van der Waals surface area contributed by atoms with Gasteiger partial charge in [-0.3, -0.25) is 14.4 Å². The number of amides is 3. The lowest BCUT2D eigenvalue weighted by atomic mass is 10.1. The molecule has 0 unspecified atom stereocenters. The van der Waals surface area contributed by atoms with Crippen LogP contribution in [-0.4, -0.2) is 29.3 Å². The van der Waals surface area contributed by atoms with Gasteiger partial charge in [0.15, 0.2) is 5.13 Å². The molecule has 0 aliphatic heterocycles. The number of anilines is 2. The van der Waals surface area contributed by atoms with Crippen LogP contribution >= 0.6 is 11.3 Å². The first-order chi connectivity index (χ1) is 13.5. The second-order valence-corrected chi connectivity index (χ2v) is 7.22. The Morgan fingerprint density at radius 1 is 1.00 bits per heavy atom. The molecule has 0 atom stereocenters. The van der Waals surface area contributed by atoms with Crippen LogP contribution in [0.3, 0.4) is 0 Å². The van der Waals surface area contributed by atoms with Gasteiger partial charge in [-0.25, -0.2) is 4.98 Å². The van der Waals surface area contributed by atoms with E-state index in [1.54, 1.807) is 12.1 Å². The van der Waals surface area contributed by atoms with E-state index in [1.807, 2.05) is 36.4 Å². The molecule has 3 rings (SSSR count). The van der Waals surface area contributed by atoms with E-state index in [-0.39, 0.29) is 37.1 Å². The molecule has 3 amide bonds. The summed E-state index contributed by atoms with van der Waals surface area (Å²) in [6.45, 7) is 1.70. The van der Waals surface area contributed by atoms with Crippen LogP contribution in [0.1, 0.15) is 18.9 Å². The summed E-state index contributed by atoms with van der Waals surface area (Å²) in [4.78, 5) is 39.5. The highest BCUT2D eigenvalue weighted by Gasteiger charge is 2.10. The fraction of sp³-hybridized carbons (Fsp3) is 0.200. The molecule has 7 nitrogen and oxygen atoms in total. The molecule has 8 heteroatoms. The maximum absolute atomic E-state index is 12.1. The maximum atomic E-state index is 12.1. The first-order valence-corrected chi connectivity index (χ1v) is 9.60. The highest BCUT2D eigenvalue weighted by atomic mass is 32.1. The monoisotopic (exact) mass is 396 g/mol. The van der Waals surface area contributed by atoms with Crippen molar-refractivity contribution in [1.29, 1.82) is 0 Å². The van der Waals surface area contributed by atoms with E-state index in [0.717, 1.165) is 15.8 Å². The molecule has 3 N–H and O–H groups in total.